The number of fused-ring (bicyclic) bond motifs is 7. The van der Waals surface area contributed by atoms with E-state index in [0.717, 1.165) is 32.4 Å². The highest BCUT2D eigenvalue weighted by Crippen LogP contribution is 2.39. The van der Waals surface area contributed by atoms with Crippen molar-refractivity contribution in [2.45, 2.75) is 38.8 Å². The van der Waals surface area contributed by atoms with Crippen molar-refractivity contribution >= 4 is 32.7 Å². The first-order valence-corrected chi connectivity index (χ1v) is 8.75. The van der Waals surface area contributed by atoms with Crippen LogP contribution in [0.2, 0.25) is 0 Å². The number of rotatable bonds is 1. The lowest BCUT2D eigenvalue weighted by molar-refractivity contribution is 0.386. The molecule has 1 saturated heterocycles. The molecule has 0 unspecified atom stereocenters. The average Bonchev–Trinajstić information content (AvgIpc) is 2.92. The van der Waals surface area contributed by atoms with Crippen molar-refractivity contribution in [1.82, 2.24) is 5.32 Å². The summed E-state index contributed by atoms with van der Waals surface area (Å²) in [6, 6.07) is 17.1. The van der Waals surface area contributed by atoms with E-state index < -0.39 is 0 Å². The van der Waals surface area contributed by atoms with Crippen LogP contribution in [0.5, 0.6) is 0 Å². The molecule has 0 aromatic heterocycles. The maximum absolute atomic E-state index is 3.69. The molecule has 26 heavy (non-hydrogen) atoms. The van der Waals surface area contributed by atoms with E-state index in [2.05, 4.69) is 64.8 Å². The van der Waals surface area contributed by atoms with Crippen LogP contribution < -0.4 is 10.2 Å². The Hall–Kier alpha value is -1.36. The molecular weight excluding hydrogens is 356 g/mol. The van der Waals surface area contributed by atoms with Gasteiger partial charge in [-0.2, -0.15) is 27.0 Å². The Balaban J connectivity index is 0.000000810. The quantitative estimate of drug-likeness (QED) is 0.614. The van der Waals surface area contributed by atoms with Crippen LogP contribution in [0.1, 0.15) is 31.4 Å². The Kier molecular flexibility index (Phi) is 6.89. The highest BCUT2D eigenvalue weighted by molar-refractivity contribution is 7.59. The molecule has 4 aliphatic rings. The summed E-state index contributed by atoms with van der Waals surface area (Å²) >= 11 is 0. The zero-order valence-corrected chi connectivity index (χ0v) is 16.3. The molecular formula is C22H30N2S2. The smallest absolute Gasteiger partial charge is 0.0449 e. The number of benzene rings is 2. The summed E-state index contributed by atoms with van der Waals surface area (Å²) in [5.74, 6) is 0. The van der Waals surface area contributed by atoms with Gasteiger partial charge < -0.3 is 10.2 Å². The molecule has 1 aliphatic carbocycles. The van der Waals surface area contributed by atoms with Gasteiger partial charge in [0.2, 0.25) is 0 Å². The molecule has 140 valence electrons. The molecule has 6 rings (SSSR count). The van der Waals surface area contributed by atoms with Crippen LogP contribution in [-0.2, 0) is 6.42 Å². The van der Waals surface area contributed by atoms with Gasteiger partial charge in [0.05, 0.1) is 0 Å². The normalized spacial score (nSPS) is 23.3. The molecule has 2 aromatic rings. The summed E-state index contributed by atoms with van der Waals surface area (Å²) in [7, 11) is 0. The number of piperazine rings is 1. The van der Waals surface area contributed by atoms with Gasteiger partial charge in [-0.05, 0) is 53.6 Å². The summed E-state index contributed by atoms with van der Waals surface area (Å²) in [6.07, 6.45) is 8.10. The lowest BCUT2D eigenvalue weighted by Crippen LogP contribution is -2.57. The minimum Gasteiger partial charge on any atom is -0.365 e. The van der Waals surface area contributed by atoms with Gasteiger partial charge in [-0.3, -0.25) is 0 Å². The minimum absolute atomic E-state index is 0. The molecule has 2 nitrogen and oxygen atoms in total. The SMILES string of the molecule is C.C1=C\C[C@H]2CN[C@@H](C/1)CN2c1ccc2c(c1)Cc1ccccc1-2.S.S. The van der Waals surface area contributed by atoms with Crippen LogP contribution in [0.15, 0.2) is 54.6 Å². The van der Waals surface area contributed by atoms with Gasteiger partial charge in [0.25, 0.3) is 0 Å². The van der Waals surface area contributed by atoms with E-state index >= 15 is 0 Å². The highest BCUT2D eigenvalue weighted by Gasteiger charge is 2.29. The fourth-order valence-corrected chi connectivity index (χ4v) is 4.37. The summed E-state index contributed by atoms with van der Waals surface area (Å²) in [6.45, 7) is 2.23. The second-order valence-electron chi connectivity index (χ2n) is 7.03. The zero-order valence-electron chi connectivity index (χ0n) is 14.3. The minimum atomic E-state index is 0. The van der Waals surface area contributed by atoms with E-state index in [-0.39, 0.29) is 34.4 Å². The predicted molar refractivity (Wildman–Crippen MR) is 123 cm³/mol. The fourth-order valence-electron chi connectivity index (χ4n) is 4.37. The number of hydrogen-bond donors (Lipinski definition) is 1. The third kappa shape index (κ3) is 3.55. The monoisotopic (exact) mass is 386 g/mol. The molecule has 2 bridgehead atoms. The van der Waals surface area contributed by atoms with E-state index in [1.165, 1.54) is 27.9 Å². The van der Waals surface area contributed by atoms with Crippen LogP contribution in [0.3, 0.4) is 0 Å². The first-order valence-electron chi connectivity index (χ1n) is 8.75. The molecule has 0 amide bonds. The third-order valence-corrected chi connectivity index (χ3v) is 5.60. The second-order valence-corrected chi connectivity index (χ2v) is 7.03. The van der Waals surface area contributed by atoms with Gasteiger partial charge in [0.15, 0.2) is 0 Å². The number of nitrogens with one attached hydrogen (secondary N) is 1. The Morgan fingerprint density at radius 3 is 2.54 bits per heavy atom. The molecule has 0 radical (unpaired) electrons. The van der Waals surface area contributed by atoms with Crippen molar-refractivity contribution in [1.29, 1.82) is 0 Å². The Labute approximate surface area is 171 Å². The van der Waals surface area contributed by atoms with Crippen LogP contribution in [0.4, 0.5) is 5.69 Å². The zero-order chi connectivity index (χ0) is 15.2. The van der Waals surface area contributed by atoms with Gasteiger partial charge in [-0.1, -0.05) is 49.9 Å². The van der Waals surface area contributed by atoms with Crippen molar-refractivity contribution in [3.8, 4) is 11.1 Å². The van der Waals surface area contributed by atoms with Crippen molar-refractivity contribution in [2.75, 3.05) is 18.0 Å². The average molecular weight is 387 g/mol. The molecule has 0 saturated carbocycles. The fraction of sp³-hybridized carbons (Fsp3) is 0.364. The Bertz CT molecular complexity index is 787. The van der Waals surface area contributed by atoms with E-state index in [1.807, 2.05) is 0 Å². The summed E-state index contributed by atoms with van der Waals surface area (Å²) < 4.78 is 0. The summed E-state index contributed by atoms with van der Waals surface area (Å²) in [5, 5.41) is 3.69. The molecule has 0 spiro atoms. The van der Waals surface area contributed by atoms with Crippen LogP contribution in [0, 0.1) is 0 Å². The maximum atomic E-state index is 3.69. The summed E-state index contributed by atoms with van der Waals surface area (Å²) in [4.78, 5) is 2.63. The largest absolute Gasteiger partial charge is 0.365 e. The number of hydrogen-bond acceptors (Lipinski definition) is 2. The van der Waals surface area contributed by atoms with Crippen LogP contribution in [0.25, 0.3) is 11.1 Å². The lowest BCUT2D eigenvalue weighted by atomic mass is 9.98. The van der Waals surface area contributed by atoms with Crippen molar-refractivity contribution in [3.63, 3.8) is 0 Å². The van der Waals surface area contributed by atoms with Crippen molar-refractivity contribution in [3.05, 3.63) is 65.7 Å². The molecule has 1 N–H and O–H groups in total. The van der Waals surface area contributed by atoms with Gasteiger partial charge in [-0.15, -0.1) is 0 Å². The highest BCUT2D eigenvalue weighted by atomic mass is 32.1. The predicted octanol–water partition coefficient (Wildman–Crippen LogP) is 4.62. The van der Waals surface area contributed by atoms with E-state index in [4.69, 9.17) is 0 Å². The molecule has 4 heteroatoms. The first-order chi connectivity index (χ1) is 11.4. The molecule has 2 atom stereocenters. The van der Waals surface area contributed by atoms with E-state index in [1.54, 1.807) is 0 Å². The molecule has 3 aliphatic heterocycles. The van der Waals surface area contributed by atoms with Crippen molar-refractivity contribution in [2.24, 2.45) is 0 Å². The lowest BCUT2D eigenvalue weighted by Gasteiger charge is -2.43. The molecule has 1 fully saturated rings. The maximum Gasteiger partial charge on any atom is 0.0449 e. The summed E-state index contributed by atoms with van der Waals surface area (Å²) in [5.41, 5.74) is 7.22. The standard InChI is InChI=1S/C21H22N2.CH4.2H2S/c1-4-8-20-15(5-1)11-16-12-18(9-10-21(16)20)23-14-17-6-2-3-7-19(23)13-22-17;;;/h1-5,8-10,12,17,19,22H,6-7,11,13-14H2;1H4;2*1H2/b3-2-;;;/t17-,19-;;;/m0.../s1. The van der Waals surface area contributed by atoms with Gasteiger partial charge >= 0.3 is 0 Å². The van der Waals surface area contributed by atoms with Gasteiger partial charge in [0.1, 0.15) is 0 Å². The Morgan fingerprint density at radius 1 is 0.885 bits per heavy atom. The molecule has 2 aromatic carbocycles. The van der Waals surface area contributed by atoms with Gasteiger partial charge in [-0.25, -0.2) is 0 Å². The number of nitrogens with zero attached hydrogens (tertiary/aromatic N) is 1. The Morgan fingerprint density at radius 2 is 1.65 bits per heavy atom. The third-order valence-electron chi connectivity index (χ3n) is 5.60. The first kappa shape index (κ1) is 20.9. The number of anilines is 1. The molecule has 3 heterocycles. The topological polar surface area (TPSA) is 15.3 Å². The van der Waals surface area contributed by atoms with Gasteiger partial charge in [0, 0.05) is 30.9 Å². The van der Waals surface area contributed by atoms with Crippen LogP contribution in [-0.4, -0.2) is 25.2 Å². The van der Waals surface area contributed by atoms with Crippen molar-refractivity contribution < 1.29 is 0 Å². The second kappa shape index (κ2) is 8.55. The van der Waals surface area contributed by atoms with E-state index in [9.17, 15) is 0 Å². The van der Waals surface area contributed by atoms with Crippen LogP contribution >= 0.6 is 27.0 Å². The van der Waals surface area contributed by atoms with E-state index in [0.29, 0.717) is 12.1 Å².